The van der Waals surface area contributed by atoms with Crippen LogP contribution in [-0.2, 0) is 10.4 Å². The smallest absolute Gasteiger partial charge is 0.268 e. The number of para-hydroxylation sites is 1. The molecule has 2 aromatic rings. The Morgan fingerprint density at radius 2 is 1.71 bits per heavy atom. The number of hydrogen-bond acceptors (Lipinski definition) is 3. The van der Waals surface area contributed by atoms with Crippen molar-refractivity contribution in [1.82, 2.24) is 5.32 Å². The summed E-state index contributed by atoms with van der Waals surface area (Å²) in [5, 5.41) is 14.7. The van der Waals surface area contributed by atoms with Gasteiger partial charge < -0.3 is 15.3 Å². The summed E-state index contributed by atoms with van der Waals surface area (Å²) in [6.45, 7) is 2.67. The van der Waals surface area contributed by atoms with E-state index in [1.807, 2.05) is 54.6 Å². The SMILES string of the molecule is O=C1N(CC2CCNCC2)c2ccccc2C1(O)c1ccccc1. The Hall–Kier alpha value is -2.17. The van der Waals surface area contributed by atoms with Crippen LogP contribution in [0.3, 0.4) is 0 Å². The highest BCUT2D eigenvalue weighted by Crippen LogP contribution is 2.44. The number of carbonyl (C=O) groups excluding carboxylic acids is 1. The van der Waals surface area contributed by atoms with Crippen molar-refractivity contribution < 1.29 is 9.90 Å². The highest BCUT2D eigenvalue weighted by molar-refractivity contribution is 6.09. The van der Waals surface area contributed by atoms with Gasteiger partial charge in [0, 0.05) is 12.1 Å². The molecule has 2 aromatic carbocycles. The number of fused-ring (bicyclic) bond motifs is 1. The number of piperidine rings is 1. The Kier molecular flexibility index (Phi) is 3.87. The summed E-state index contributed by atoms with van der Waals surface area (Å²) in [7, 11) is 0. The van der Waals surface area contributed by atoms with Gasteiger partial charge in [0.25, 0.3) is 5.91 Å². The zero-order chi connectivity index (χ0) is 16.6. The lowest BCUT2D eigenvalue weighted by Gasteiger charge is -2.29. The number of rotatable bonds is 3. The van der Waals surface area contributed by atoms with Crippen LogP contribution in [0.25, 0.3) is 0 Å². The van der Waals surface area contributed by atoms with Gasteiger partial charge in [-0.25, -0.2) is 0 Å². The molecule has 1 saturated heterocycles. The molecule has 0 aromatic heterocycles. The molecule has 24 heavy (non-hydrogen) atoms. The zero-order valence-corrected chi connectivity index (χ0v) is 13.6. The number of amides is 1. The topological polar surface area (TPSA) is 52.6 Å². The fourth-order valence-electron chi connectivity index (χ4n) is 3.90. The molecular formula is C20H22N2O2. The average molecular weight is 322 g/mol. The summed E-state index contributed by atoms with van der Waals surface area (Å²) in [4.78, 5) is 15.0. The van der Waals surface area contributed by atoms with Crippen molar-refractivity contribution in [3.8, 4) is 0 Å². The van der Waals surface area contributed by atoms with Gasteiger partial charge in [-0.1, -0.05) is 48.5 Å². The maximum absolute atomic E-state index is 13.2. The average Bonchev–Trinajstić information content (AvgIpc) is 2.87. The molecule has 1 fully saturated rings. The summed E-state index contributed by atoms with van der Waals surface area (Å²) >= 11 is 0. The molecule has 4 heteroatoms. The molecule has 1 atom stereocenters. The number of benzene rings is 2. The summed E-state index contributed by atoms with van der Waals surface area (Å²) in [5.41, 5.74) is 0.586. The van der Waals surface area contributed by atoms with E-state index in [1.165, 1.54) is 0 Å². The van der Waals surface area contributed by atoms with E-state index in [1.54, 1.807) is 4.90 Å². The van der Waals surface area contributed by atoms with E-state index in [2.05, 4.69) is 5.32 Å². The van der Waals surface area contributed by atoms with Crippen LogP contribution in [0, 0.1) is 5.92 Å². The maximum atomic E-state index is 13.2. The lowest BCUT2D eigenvalue weighted by atomic mass is 9.87. The molecule has 2 heterocycles. The Morgan fingerprint density at radius 1 is 1.04 bits per heavy atom. The van der Waals surface area contributed by atoms with E-state index < -0.39 is 5.60 Å². The Morgan fingerprint density at radius 3 is 2.46 bits per heavy atom. The van der Waals surface area contributed by atoms with Gasteiger partial charge in [-0.2, -0.15) is 0 Å². The largest absolute Gasteiger partial charge is 0.372 e. The molecule has 0 radical (unpaired) electrons. The molecule has 0 aliphatic carbocycles. The predicted molar refractivity (Wildman–Crippen MR) is 93.8 cm³/mol. The molecule has 1 unspecified atom stereocenters. The van der Waals surface area contributed by atoms with Gasteiger partial charge in [-0.05, 0) is 43.5 Å². The minimum atomic E-state index is -1.58. The number of aliphatic hydroxyl groups is 1. The Balaban J connectivity index is 1.74. The minimum Gasteiger partial charge on any atom is -0.372 e. The maximum Gasteiger partial charge on any atom is 0.268 e. The van der Waals surface area contributed by atoms with Crippen molar-refractivity contribution in [2.24, 2.45) is 5.92 Å². The van der Waals surface area contributed by atoms with Crippen LogP contribution in [-0.4, -0.2) is 30.6 Å². The van der Waals surface area contributed by atoms with Crippen molar-refractivity contribution in [2.45, 2.75) is 18.4 Å². The van der Waals surface area contributed by atoms with E-state index >= 15 is 0 Å². The highest BCUT2D eigenvalue weighted by Gasteiger charge is 2.51. The standard InChI is InChI=1S/C20H22N2O2/c23-19-20(24,16-6-2-1-3-7-16)17-8-4-5-9-18(17)22(19)14-15-10-12-21-13-11-15/h1-9,15,21,24H,10-14H2. The van der Waals surface area contributed by atoms with Crippen LogP contribution in [0.15, 0.2) is 54.6 Å². The summed E-state index contributed by atoms with van der Waals surface area (Å²) in [5.74, 6) is 0.245. The van der Waals surface area contributed by atoms with Gasteiger partial charge in [0.15, 0.2) is 5.60 Å². The van der Waals surface area contributed by atoms with Crippen LogP contribution < -0.4 is 10.2 Å². The molecule has 0 saturated carbocycles. The Labute approximate surface area is 142 Å². The normalized spacial score (nSPS) is 24.2. The molecule has 0 bridgehead atoms. The quantitative estimate of drug-likeness (QED) is 0.911. The first kappa shape index (κ1) is 15.4. The predicted octanol–water partition coefficient (Wildman–Crippen LogP) is 2.27. The van der Waals surface area contributed by atoms with E-state index in [-0.39, 0.29) is 5.91 Å². The summed E-state index contributed by atoms with van der Waals surface area (Å²) in [6, 6.07) is 16.9. The fourth-order valence-corrected chi connectivity index (χ4v) is 3.90. The lowest BCUT2D eigenvalue weighted by molar-refractivity contribution is -0.132. The molecular weight excluding hydrogens is 300 g/mol. The third-order valence-corrected chi connectivity index (χ3v) is 5.23. The van der Waals surface area contributed by atoms with E-state index in [4.69, 9.17) is 0 Å². The van der Waals surface area contributed by atoms with Crippen LogP contribution in [0.1, 0.15) is 24.0 Å². The van der Waals surface area contributed by atoms with Gasteiger partial charge in [-0.15, -0.1) is 0 Å². The van der Waals surface area contributed by atoms with Crippen molar-refractivity contribution >= 4 is 11.6 Å². The van der Waals surface area contributed by atoms with Gasteiger partial charge in [-0.3, -0.25) is 4.79 Å². The van der Waals surface area contributed by atoms with E-state index in [0.717, 1.165) is 31.6 Å². The molecule has 1 amide bonds. The molecule has 2 aliphatic heterocycles. The molecule has 2 N–H and O–H groups in total. The number of hydrogen-bond donors (Lipinski definition) is 2. The molecule has 4 rings (SSSR count). The second kappa shape index (κ2) is 6.04. The third kappa shape index (κ3) is 2.34. The van der Waals surface area contributed by atoms with Crippen LogP contribution in [0.5, 0.6) is 0 Å². The second-order valence-electron chi connectivity index (χ2n) is 6.70. The third-order valence-electron chi connectivity index (χ3n) is 5.23. The van der Waals surface area contributed by atoms with Crippen LogP contribution in [0.4, 0.5) is 5.69 Å². The second-order valence-corrected chi connectivity index (χ2v) is 6.70. The molecule has 4 nitrogen and oxygen atoms in total. The van der Waals surface area contributed by atoms with Crippen molar-refractivity contribution in [3.63, 3.8) is 0 Å². The van der Waals surface area contributed by atoms with Gasteiger partial charge in [0.1, 0.15) is 0 Å². The number of carbonyl (C=O) groups is 1. The van der Waals surface area contributed by atoms with Gasteiger partial charge >= 0.3 is 0 Å². The molecule has 124 valence electrons. The highest BCUT2D eigenvalue weighted by atomic mass is 16.3. The first-order chi connectivity index (χ1) is 11.7. The molecule has 2 aliphatic rings. The monoisotopic (exact) mass is 322 g/mol. The first-order valence-corrected chi connectivity index (χ1v) is 8.61. The molecule has 0 spiro atoms. The van der Waals surface area contributed by atoms with E-state index in [0.29, 0.717) is 23.6 Å². The fraction of sp³-hybridized carbons (Fsp3) is 0.350. The lowest BCUT2D eigenvalue weighted by Crippen LogP contribution is -2.44. The van der Waals surface area contributed by atoms with Crippen molar-refractivity contribution in [2.75, 3.05) is 24.5 Å². The number of nitrogens with one attached hydrogen (secondary N) is 1. The van der Waals surface area contributed by atoms with Crippen molar-refractivity contribution in [3.05, 3.63) is 65.7 Å². The number of nitrogens with zero attached hydrogens (tertiary/aromatic N) is 1. The minimum absolute atomic E-state index is 0.228. The van der Waals surface area contributed by atoms with Crippen molar-refractivity contribution in [1.29, 1.82) is 0 Å². The Bertz CT molecular complexity index is 740. The first-order valence-electron chi connectivity index (χ1n) is 8.61. The number of anilines is 1. The van der Waals surface area contributed by atoms with Gasteiger partial charge in [0.2, 0.25) is 0 Å². The van der Waals surface area contributed by atoms with E-state index in [9.17, 15) is 9.90 Å². The van der Waals surface area contributed by atoms with Crippen LogP contribution in [0.2, 0.25) is 0 Å². The summed E-state index contributed by atoms with van der Waals surface area (Å²) < 4.78 is 0. The zero-order valence-electron chi connectivity index (χ0n) is 13.6. The summed E-state index contributed by atoms with van der Waals surface area (Å²) in [6.07, 6.45) is 2.13. The van der Waals surface area contributed by atoms with Gasteiger partial charge in [0.05, 0.1) is 5.69 Å². The van der Waals surface area contributed by atoms with Crippen LogP contribution >= 0.6 is 0 Å².